The maximum absolute atomic E-state index is 12.4. The van der Waals surface area contributed by atoms with E-state index in [-0.39, 0.29) is 11.1 Å². The fourth-order valence-electron chi connectivity index (χ4n) is 2.54. The molecule has 0 bridgehead atoms. The molecular weight excluding hydrogens is 322 g/mol. The van der Waals surface area contributed by atoms with E-state index in [4.69, 9.17) is 0 Å². The van der Waals surface area contributed by atoms with Gasteiger partial charge in [-0.2, -0.15) is 5.10 Å². The number of aryl methyl sites for hydroxylation is 1. The number of benzene rings is 1. The first-order valence-corrected chi connectivity index (χ1v) is 9.91. The van der Waals surface area contributed by atoms with Crippen LogP contribution in [0.5, 0.6) is 0 Å². The Morgan fingerprint density at radius 2 is 1.75 bits per heavy atom. The van der Waals surface area contributed by atoms with Crippen molar-refractivity contribution in [2.75, 3.05) is 6.54 Å². The van der Waals surface area contributed by atoms with E-state index in [1.807, 2.05) is 13.8 Å². The van der Waals surface area contributed by atoms with Crippen LogP contribution in [0.2, 0.25) is 0 Å². The zero-order valence-electron chi connectivity index (χ0n) is 14.9. The number of rotatable bonds is 8. The van der Waals surface area contributed by atoms with Crippen LogP contribution in [0.3, 0.4) is 0 Å². The minimum absolute atomic E-state index is 0.00560. The molecule has 1 aromatic carbocycles. The molecule has 0 radical (unpaired) electrons. The minimum Gasteiger partial charge on any atom is -0.250 e. The molecule has 0 fully saturated rings. The second-order valence-corrected chi connectivity index (χ2v) is 8.32. The molecule has 24 heavy (non-hydrogen) atoms. The lowest BCUT2D eigenvalue weighted by molar-refractivity contribution is 0.475. The molecule has 6 heteroatoms. The standard InChI is InChI=1S/C18H27N3O2S/c1-14(2)17-9-7-16(8-10-17)6-5-12-20-24(22,23)18-11-13-19-21(18)15(3)4/h7-11,13-15,20H,5-6,12H2,1-4H3. The molecule has 2 aromatic rings. The molecule has 0 aliphatic carbocycles. The van der Waals surface area contributed by atoms with Gasteiger partial charge in [-0.05, 0) is 49.8 Å². The first kappa shape index (κ1) is 18.7. The summed E-state index contributed by atoms with van der Waals surface area (Å²) in [5.74, 6) is 0.525. The van der Waals surface area contributed by atoms with Crippen LogP contribution >= 0.6 is 0 Å². The molecule has 0 saturated heterocycles. The Kier molecular flexibility index (Phi) is 6.18. The van der Waals surface area contributed by atoms with Crippen LogP contribution in [-0.4, -0.2) is 24.7 Å². The van der Waals surface area contributed by atoms with Gasteiger partial charge in [0.25, 0.3) is 10.0 Å². The Morgan fingerprint density at radius 3 is 2.33 bits per heavy atom. The van der Waals surface area contributed by atoms with Crippen molar-refractivity contribution in [3.05, 3.63) is 47.7 Å². The number of sulfonamides is 1. The van der Waals surface area contributed by atoms with E-state index in [1.165, 1.54) is 28.1 Å². The Hall–Kier alpha value is -1.66. The summed E-state index contributed by atoms with van der Waals surface area (Å²) in [6, 6.07) is 10.1. The van der Waals surface area contributed by atoms with Gasteiger partial charge >= 0.3 is 0 Å². The predicted octanol–water partition coefficient (Wildman–Crippen LogP) is 3.50. The molecule has 0 aliphatic rings. The third-order valence-electron chi connectivity index (χ3n) is 3.98. The average Bonchev–Trinajstić information content (AvgIpc) is 3.03. The summed E-state index contributed by atoms with van der Waals surface area (Å²) in [4.78, 5) is 0. The molecule has 0 amide bonds. The third kappa shape index (κ3) is 4.68. The van der Waals surface area contributed by atoms with E-state index in [9.17, 15) is 8.42 Å². The first-order valence-electron chi connectivity index (χ1n) is 8.43. The summed E-state index contributed by atoms with van der Waals surface area (Å²) in [5.41, 5.74) is 2.55. The summed E-state index contributed by atoms with van der Waals surface area (Å²) in [5, 5.41) is 4.30. The van der Waals surface area contributed by atoms with E-state index < -0.39 is 10.0 Å². The van der Waals surface area contributed by atoms with Gasteiger partial charge in [0.1, 0.15) is 0 Å². The molecule has 0 saturated carbocycles. The van der Waals surface area contributed by atoms with Crippen molar-refractivity contribution in [2.45, 2.75) is 57.5 Å². The Morgan fingerprint density at radius 1 is 1.08 bits per heavy atom. The second kappa shape index (κ2) is 7.94. The van der Waals surface area contributed by atoms with Crippen LogP contribution in [0.4, 0.5) is 0 Å². The SMILES string of the molecule is CC(C)c1ccc(CCCNS(=O)(=O)c2ccnn2C(C)C)cc1. The lowest BCUT2D eigenvalue weighted by atomic mass is 10.0. The highest BCUT2D eigenvalue weighted by atomic mass is 32.2. The van der Waals surface area contributed by atoms with Crippen molar-refractivity contribution in [1.82, 2.24) is 14.5 Å². The quantitative estimate of drug-likeness (QED) is 0.742. The molecule has 1 heterocycles. The molecule has 132 valence electrons. The fourth-order valence-corrected chi connectivity index (χ4v) is 3.85. The maximum Gasteiger partial charge on any atom is 0.257 e. The Balaban J connectivity index is 1.88. The monoisotopic (exact) mass is 349 g/mol. The number of nitrogens with zero attached hydrogens (tertiary/aromatic N) is 2. The second-order valence-electron chi connectivity index (χ2n) is 6.61. The van der Waals surface area contributed by atoms with Crippen LogP contribution in [0, 0.1) is 0 Å². The molecular formula is C18H27N3O2S. The van der Waals surface area contributed by atoms with Gasteiger partial charge < -0.3 is 0 Å². The van der Waals surface area contributed by atoms with Crippen LogP contribution in [0.25, 0.3) is 0 Å². The van der Waals surface area contributed by atoms with E-state index in [1.54, 1.807) is 0 Å². The molecule has 0 aliphatic heterocycles. The van der Waals surface area contributed by atoms with Gasteiger partial charge in [0, 0.05) is 12.6 Å². The minimum atomic E-state index is -3.51. The average molecular weight is 350 g/mol. The molecule has 0 unspecified atom stereocenters. The number of aromatic nitrogens is 2. The highest BCUT2D eigenvalue weighted by Gasteiger charge is 2.20. The fraction of sp³-hybridized carbons (Fsp3) is 0.500. The van der Waals surface area contributed by atoms with E-state index >= 15 is 0 Å². The summed E-state index contributed by atoms with van der Waals surface area (Å²) in [6.45, 7) is 8.58. The first-order chi connectivity index (χ1) is 11.3. The topological polar surface area (TPSA) is 64.0 Å². The van der Waals surface area contributed by atoms with Crippen LogP contribution in [-0.2, 0) is 16.4 Å². The normalized spacial score (nSPS) is 12.2. The molecule has 2 rings (SSSR count). The van der Waals surface area contributed by atoms with Crippen LogP contribution < -0.4 is 4.72 Å². The van der Waals surface area contributed by atoms with Crippen molar-refractivity contribution < 1.29 is 8.42 Å². The molecule has 0 spiro atoms. The largest absolute Gasteiger partial charge is 0.257 e. The van der Waals surface area contributed by atoms with Gasteiger partial charge in [-0.1, -0.05) is 38.1 Å². The highest BCUT2D eigenvalue weighted by molar-refractivity contribution is 7.89. The van der Waals surface area contributed by atoms with Gasteiger partial charge in [0.05, 0.1) is 6.20 Å². The van der Waals surface area contributed by atoms with Crippen molar-refractivity contribution in [2.24, 2.45) is 0 Å². The summed E-state index contributed by atoms with van der Waals surface area (Å²) >= 11 is 0. The summed E-state index contributed by atoms with van der Waals surface area (Å²) in [6.07, 6.45) is 3.13. The van der Waals surface area contributed by atoms with Crippen LogP contribution in [0.1, 0.15) is 57.2 Å². The van der Waals surface area contributed by atoms with Gasteiger partial charge in [-0.25, -0.2) is 13.1 Å². The molecule has 5 nitrogen and oxygen atoms in total. The van der Waals surface area contributed by atoms with Gasteiger partial charge in [0.2, 0.25) is 0 Å². The van der Waals surface area contributed by atoms with Crippen LogP contribution in [0.15, 0.2) is 41.6 Å². The predicted molar refractivity (Wildman–Crippen MR) is 96.7 cm³/mol. The highest BCUT2D eigenvalue weighted by Crippen LogP contribution is 2.16. The Labute approximate surface area is 145 Å². The molecule has 1 N–H and O–H groups in total. The van der Waals surface area contributed by atoms with E-state index in [2.05, 4.69) is 47.9 Å². The maximum atomic E-state index is 12.4. The number of hydrogen-bond donors (Lipinski definition) is 1. The van der Waals surface area contributed by atoms with Crippen molar-refractivity contribution in [1.29, 1.82) is 0 Å². The number of nitrogens with one attached hydrogen (secondary N) is 1. The molecule has 0 atom stereocenters. The lowest BCUT2D eigenvalue weighted by Gasteiger charge is -2.12. The van der Waals surface area contributed by atoms with E-state index in [0.717, 1.165) is 12.8 Å². The lowest BCUT2D eigenvalue weighted by Crippen LogP contribution is -2.28. The molecule has 1 aromatic heterocycles. The number of hydrogen-bond acceptors (Lipinski definition) is 3. The van der Waals surface area contributed by atoms with Crippen molar-refractivity contribution in [3.63, 3.8) is 0 Å². The summed E-state index contributed by atoms with van der Waals surface area (Å²) < 4.78 is 28.9. The van der Waals surface area contributed by atoms with Gasteiger partial charge in [-0.3, -0.25) is 4.68 Å². The summed E-state index contributed by atoms with van der Waals surface area (Å²) in [7, 11) is -3.51. The Bertz CT molecular complexity index is 747. The van der Waals surface area contributed by atoms with Crippen molar-refractivity contribution in [3.8, 4) is 0 Å². The smallest absolute Gasteiger partial charge is 0.250 e. The van der Waals surface area contributed by atoms with E-state index in [0.29, 0.717) is 12.5 Å². The zero-order valence-corrected chi connectivity index (χ0v) is 15.7. The van der Waals surface area contributed by atoms with Crippen molar-refractivity contribution >= 4 is 10.0 Å². The third-order valence-corrected chi connectivity index (χ3v) is 5.44. The van der Waals surface area contributed by atoms with Gasteiger partial charge in [0.15, 0.2) is 5.03 Å². The van der Waals surface area contributed by atoms with Gasteiger partial charge in [-0.15, -0.1) is 0 Å². The zero-order chi connectivity index (χ0) is 17.7.